The second-order valence-corrected chi connectivity index (χ2v) is 4.04. The number of hydrogen-bond acceptors (Lipinski definition) is 3. The highest BCUT2D eigenvalue weighted by molar-refractivity contribution is 6.30. The van der Waals surface area contributed by atoms with Crippen LogP contribution in [-0.4, -0.2) is 17.0 Å². The van der Waals surface area contributed by atoms with Crippen molar-refractivity contribution in [2.45, 2.75) is 6.92 Å². The van der Waals surface area contributed by atoms with Gasteiger partial charge in [-0.1, -0.05) is 11.6 Å². The fraction of sp³-hybridized carbons (Fsp3) is 0.167. The third-order valence-electron chi connectivity index (χ3n) is 2.38. The van der Waals surface area contributed by atoms with Crippen LogP contribution in [0.4, 0.5) is 10.3 Å². The minimum atomic E-state index is -0.388. The summed E-state index contributed by atoms with van der Waals surface area (Å²) in [5.41, 5.74) is 1.80. The number of rotatable bonds is 2. The molecule has 0 saturated heterocycles. The van der Waals surface area contributed by atoms with Gasteiger partial charge >= 0.3 is 0 Å². The van der Waals surface area contributed by atoms with Gasteiger partial charge in [0.2, 0.25) is 5.95 Å². The molecule has 0 amide bonds. The van der Waals surface area contributed by atoms with Gasteiger partial charge < -0.3 is 5.32 Å². The lowest BCUT2D eigenvalue weighted by Crippen LogP contribution is -2.00. The van der Waals surface area contributed by atoms with E-state index < -0.39 is 0 Å². The summed E-state index contributed by atoms with van der Waals surface area (Å²) in [6.07, 6.45) is 1.65. The standard InChI is InChI=1S/C12H11ClFN3/c1-7-6-16-12(15-2)17-11(7)9-4-3-8(13)5-10(9)14/h3-6H,1-2H3,(H,15,16,17). The molecule has 17 heavy (non-hydrogen) atoms. The number of hydrogen-bond donors (Lipinski definition) is 1. The van der Waals surface area contributed by atoms with Crippen molar-refractivity contribution >= 4 is 17.5 Å². The second kappa shape index (κ2) is 4.67. The largest absolute Gasteiger partial charge is 0.357 e. The molecule has 3 nitrogen and oxygen atoms in total. The Hall–Kier alpha value is -1.68. The van der Waals surface area contributed by atoms with E-state index in [1.54, 1.807) is 25.4 Å². The molecule has 0 unspecified atom stereocenters. The van der Waals surface area contributed by atoms with Crippen LogP contribution in [0, 0.1) is 12.7 Å². The third-order valence-corrected chi connectivity index (χ3v) is 2.62. The Morgan fingerprint density at radius 1 is 1.35 bits per heavy atom. The van der Waals surface area contributed by atoms with E-state index in [2.05, 4.69) is 15.3 Å². The van der Waals surface area contributed by atoms with E-state index in [-0.39, 0.29) is 5.82 Å². The van der Waals surface area contributed by atoms with Gasteiger partial charge in [0.25, 0.3) is 0 Å². The molecule has 0 radical (unpaired) electrons. The van der Waals surface area contributed by atoms with E-state index >= 15 is 0 Å². The zero-order valence-corrected chi connectivity index (χ0v) is 10.2. The van der Waals surface area contributed by atoms with E-state index in [1.165, 1.54) is 6.07 Å². The highest BCUT2D eigenvalue weighted by Crippen LogP contribution is 2.26. The molecule has 1 heterocycles. The van der Waals surface area contributed by atoms with Gasteiger partial charge in [0, 0.05) is 23.8 Å². The number of aryl methyl sites for hydroxylation is 1. The maximum atomic E-state index is 13.8. The SMILES string of the molecule is CNc1ncc(C)c(-c2ccc(Cl)cc2F)n1. The van der Waals surface area contributed by atoms with Crippen LogP contribution in [0.2, 0.25) is 5.02 Å². The molecule has 5 heteroatoms. The lowest BCUT2D eigenvalue weighted by molar-refractivity contribution is 0.630. The van der Waals surface area contributed by atoms with Gasteiger partial charge in [0.15, 0.2) is 0 Å². The van der Waals surface area contributed by atoms with Crippen LogP contribution in [0.15, 0.2) is 24.4 Å². The van der Waals surface area contributed by atoms with Crippen molar-refractivity contribution in [1.82, 2.24) is 9.97 Å². The van der Waals surface area contributed by atoms with Crippen LogP contribution in [0.3, 0.4) is 0 Å². The molecule has 0 aliphatic carbocycles. The Labute approximate surface area is 104 Å². The van der Waals surface area contributed by atoms with Gasteiger partial charge in [-0.2, -0.15) is 0 Å². The van der Waals surface area contributed by atoms with Crippen molar-refractivity contribution in [2.75, 3.05) is 12.4 Å². The Morgan fingerprint density at radius 2 is 2.12 bits per heavy atom. The van der Waals surface area contributed by atoms with E-state index in [0.29, 0.717) is 22.2 Å². The Balaban J connectivity index is 2.59. The number of halogens is 2. The first-order chi connectivity index (χ1) is 8.11. The Morgan fingerprint density at radius 3 is 2.76 bits per heavy atom. The van der Waals surface area contributed by atoms with Crippen molar-refractivity contribution in [1.29, 1.82) is 0 Å². The van der Waals surface area contributed by atoms with Crippen molar-refractivity contribution in [3.05, 3.63) is 40.8 Å². The average molecular weight is 252 g/mol. The number of anilines is 1. The van der Waals surface area contributed by atoms with Gasteiger partial charge in [-0.15, -0.1) is 0 Å². The molecule has 2 aromatic rings. The lowest BCUT2D eigenvalue weighted by atomic mass is 10.1. The normalized spacial score (nSPS) is 10.4. The topological polar surface area (TPSA) is 37.8 Å². The summed E-state index contributed by atoms with van der Waals surface area (Å²) in [5.74, 6) is 0.0707. The zero-order valence-electron chi connectivity index (χ0n) is 9.46. The zero-order chi connectivity index (χ0) is 12.4. The van der Waals surface area contributed by atoms with Crippen LogP contribution in [0.1, 0.15) is 5.56 Å². The molecular weight excluding hydrogens is 241 g/mol. The van der Waals surface area contributed by atoms with Crippen molar-refractivity contribution in [3.8, 4) is 11.3 Å². The van der Waals surface area contributed by atoms with Crippen LogP contribution in [-0.2, 0) is 0 Å². The van der Waals surface area contributed by atoms with Gasteiger partial charge in [0.1, 0.15) is 5.82 Å². The summed E-state index contributed by atoms with van der Waals surface area (Å²) in [7, 11) is 1.71. The first-order valence-electron chi connectivity index (χ1n) is 5.08. The number of nitrogens with zero attached hydrogens (tertiary/aromatic N) is 2. The predicted octanol–water partition coefficient (Wildman–Crippen LogP) is 3.29. The van der Waals surface area contributed by atoms with Gasteiger partial charge in [-0.25, -0.2) is 14.4 Å². The smallest absolute Gasteiger partial charge is 0.222 e. The predicted molar refractivity (Wildman–Crippen MR) is 66.7 cm³/mol. The number of benzene rings is 1. The van der Waals surface area contributed by atoms with E-state index in [0.717, 1.165) is 5.56 Å². The highest BCUT2D eigenvalue weighted by atomic mass is 35.5. The fourth-order valence-electron chi connectivity index (χ4n) is 1.52. The molecule has 0 aliphatic heterocycles. The van der Waals surface area contributed by atoms with E-state index in [1.807, 2.05) is 6.92 Å². The van der Waals surface area contributed by atoms with Crippen LogP contribution >= 0.6 is 11.6 Å². The van der Waals surface area contributed by atoms with Crippen molar-refractivity contribution in [3.63, 3.8) is 0 Å². The van der Waals surface area contributed by atoms with E-state index in [4.69, 9.17) is 11.6 Å². The summed E-state index contributed by atoms with van der Waals surface area (Å²) in [6, 6.07) is 4.53. The quantitative estimate of drug-likeness (QED) is 0.890. The Kier molecular flexibility index (Phi) is 3.24. The molecule has 0 spiro atoms. The molecular formula is C12H11ClFN3. The lowest BCUT2D eigenvalue weighted by Gasteiger charge is -2.08. The maximum absolute atomic E-state index is 13.8. The Bertz CT molecular complexity index is 557. The molecule has 0 aliphatic rings. The van der Waals surface area contributed by atoms with Crippen LogP contribution in [0.5, 0.6) is 0 Å². The molecule has 1 aromatic carbocycles. The minimum Gasteiger partial charge on any atom is -0.357 e. The molecule has 2 rings (SSSR count). The number of nitrogens with one attached hydrogen (secondary N) is 1. The highest BCUT2D eigenvalue weighted by Gasteiger charge is 2.11. The molecule has 0 fully saturated rings. The first kappa shape index (κ1) is 11.8. The maximum Gasteiger partial charge on any atom is 0.222 e. The molecule has 0 saturated carbocycles. The van der Waals surface area contributed by atoms with Crippen molar-refractivity contribution in [2.24, 2.45) is 0 Å². The molecule has 0 atom stereocenters. The minimum absolute atomic E-state index is 0.367. The van der Waals surface area contributed by atoms with Gasteiger partial charge in [0.05, 0.1) is 5.69 Å². The van der Waals surface area contributed by atoms with Crippen LogP contribution < -0.4 is 5.32 Å². The summed E-state index contributed by atoms with van der Waals surface area (Å²) >= 11 is 5.72. The molecule has 1 aromatic heterocycles. The third kappa shape index (κ3) is 2.36. The summed E-state index contributed by atoms with van der Waals surface area (Å²) < 4.78 is 13.8. The first-order valence-corrected chi connectivity index (χ1v) is 5.46. The fourth-order valence-corrected chi connectivity index (χ4v) is 1.68. The van der Waals surface area contributed by atoms with E-state index in [9.17, 15) is 4.39 Å². The van der Waals surface area contributed by atoms with Crippen molar-refractivity contribution < 1.29 is 4.39 Å². The summed E-state index contributed by atoms with van der Waals surface area (Å²) in [5, 5.41) is 3.19. The summed E-state index contributed by atoms with van der Waals surface area (Å²) in [4.78, 5) is 8.31. The molecule has 1 N–H and O–H groups in total. The average Bonchev–Trinajstić information content (AvgIpc) is 2.30. The van der Waals surface area contributed by atoms with Gasteiger partial charge in [-0.05, 0) is 30.7 Å². The number of aromatic nitrogens is 2. The summed E-state index contributed by atoms with van der Waals surface area (Å²) in [6.45, 7) is 1.84. The molecule has 88 valence electrons. The molecule has 0 bridgehead atoms. The van der Waals surface area contributed by atoms with Gasteiger partial charge in [-0.3, -0.25) is 0 Å². The monoisotopic (exact) mass is 251 g/mol. The van der Waals surface area contributed by atoms with Crippen LogP contribution in [0.25, 0.3) is 11.3 Å². The second-order valence-electron chi connectivity index (χ2n) is 3.60.